The molecule has 1 atom stereocenters. The fourth-order valence-electron chi connectivity index (χ4n) is 2.41. The van der Waals surface area contributed by atoms with Gasteiger partial charge in [-0.3, -0.25) is 0 Å². The number of nitrogens with zero attached hydrogens (tertiary/aromatic N) is 2. The molecule has 0 aliphatic carbocycles. The van der Waals surface area contributed by atoms with Gasteiger partial charge in [0, 0.05) is 13.2 Å². The lowest BCUT2D eigenvalue weighted by molar-refractivity contribution is 0.110. The van der Waals surface area contributed by atoms with E-state index in [1.54, 1.807) is 13.2 Å². The van der Waals surface area contributed by atoms with Crippen LogP contribution in [0.2, 0.25) is 0 Å². The molecule has 0 N–H and O–H groups in total. The molecule has 1 unspecified atom stereocenters. The molecule has 0 saturated carbocycles. The van der Waals surface area contributed by atoms with Crippen molar-refractivity contribution in [1.29, 1.82) is 0 Å². The summed E-state index contributed by atoms with van der Waals surface area (Å²) < 4.78 is 21.4. The first-order valence-corrected chi connectivity index (χ1v) is 7.51. The predicted octanol–water partition coefficient (Wildman–Crippen LogP) is 4.62. The van der Waals surface area contributed by atoms with E-state index in [-0.39, 0.29) is 16.7 Å². The van der Waals surface area contributed by atoms with Crippen molar-refractivity contribution in [2.45, 2.75) is 31.7 Å². The van der Waals surface area contributed by atoms with E-state index in [0.29, 0.717) is 22.4 Å². The summed E-state index contributed by atoms with van der Waals surface area (Å²) in [6.45, 7) is 6.44. The molecule has 6 heteroatoms. The van der Waals surface area contributed by atoms with Crippen molar-refractivity contribution in [3.05, 3.63) is 28.2 Å². The summed E-state index contributed by atoms with van der Waals surface area (Å²) in [5.74, 6) is 0.377. The van der Waals surface area contributed by atoms with Crippen molar-refractivity contribution >= 4 is 38.6 Å². The molecule has 0 aliphatic heterocycles. The van der Waals surface area contributed by atoms with Crippen molar-refractivity contribution in [2.75, 3.05) is 13.7 Å². The lowest BCUT2D eigenvalue weighted by Gasteiger charge is -2.29. The van der Waals surface area contributed by atoms with Gasteiger partial charge in [-0.25, -0.2) is 9.37 Å². The molecule has 20 heavy (non-hydrogen) atoms. The SMILES string of the molecule is COCC(C)(C)n1c(C(C)Cl)nc2cc(F)c(Br)cc21. The van der Waals surface area contributed by atoms with Gasteiger partial charge in [0.05, 0.1) is 33.0 Å². The molecule has 1 heterocycles. The van der Waals surface area contributed by atoms with Crippen LogP contribution in [-0.2, 0) is 10.3 Å². The average molecular weight is 364 g/mol. The summed E-state index contributed by atoms with van der Waals surface area (Å²) in [6, 6.07) is 3.15. The minimum absolute atomic E-state index is 0.277. The Kier molecular flexibility index (Phi) is 4.42. The third-order valence-electron chi connectivity index (χ3n) is 3.18. The zero-order chi connectivity index (χ0) is 15.1. The molecular formula is C14H17BrClFN2O. The number of ether oxygens (including phenoxy) is 1. The monoisotopic (exact) mass is 362 g/mol. The molecule has 3 nitrogen and oxygen atoms in total. The zero-order valence-corrected chi connectivity index (χ0v) is 14.2. The van der Waals surface area contributed by atoms with E-state index in [0.717, 1.165) is 5.52 Å². The van der Waals surface area contributed by atoms with E-state index in [9.17, 15) is 4.39 Å². The van der Waals surface area contributed by atoms with Gasteiger partial charge >= 0.3 is 0 Å². The minimum atomic E-state index is -0.334. The van der Waals surface area contributed by atoms with Gasteiger partial charge in [0.25, 0.3) is 0 Å². The number of aromatic nitrogens is 2. The highest BCUT2D eigenvalue weighted by Gasteiger charge is 2.28. The molecule has 0 fully saturated rings. The fraction of sp³-hybridized carbons (Fsp3) is 0.500. The van der Waals surface area contributed by atoms with Crippen molar-refractivity contribution in [3.8, 4) is 0 Å². The number of alkyl halides is 1. The number of hydrogen-bond acceptors (Lipinski definition) is 2. The minimum Gasteiger partial charge on any atom is -0.382 e. The number of imidazole rings is 1. The van der Waals surface area contributed by atoms with Gasteiger partial charge in [0.15, 0.2) is 0 Å². The lowest BCUT2D eigenvalue weighted by Crippen LogP contribution is -2.33. The molecule has 0 radical (unpaired) electrons. The molecular weight excluding hydrogens is 347 g/mol. The van der Waals surface area contributed by atoms with Crippen LogP contribution in [0.3, 0.4) is 0 Å². The van der Waals surface area contributed by atoms with Crippen LogP contribution in [0, 0.1) is 5.82 Å². The summed E-state index contributed by atoms with van der Waals surface area (Å²) in [5.41, 5.74) is 1.10. The van der Waals surface area contributed by atoms with Crippen LogP contribution >= 0.6 is 27.5 Å². The largest absolute Gasteiger partial charge is 0.382 e. The van der Waals surface area contributed by atoms with Gasteiger partial charge in [-0.15, -0.1) is 11.6 Å². The molecule has 2 aromatic rings. The summed E-state index contributed by atoms with van der Waals surface area (Å²) in [7, 11) is 1.65. The maximum Gasteiger partial charge on any atom is 0.139 e. The van der Waals surface area contributed by atoms with E-state index < -0.39 is 0 Å². The molecule has 0 spiro atoms. The number of methoxy groups -OCH3 is 1. The first-order chi connectivity index (χ1) is 9.27. The Bertz CT molecular complexity index is 640. The van der Waals surface area contributed by atoms with Gasteiger partial charge in [-0.05, 0) is 42.8 Å². The molecule has 0 amide bonds. The van der Waals surface area contributed by atoms with Gasteiger partial charge in [-0.1, -0.05) is 0 Å². The standard InChI is InChI=1S/C14H17BrClFN2O/c1-8(16)13-18-11-6-10(17)9(15)5-12(11)19(13)14(2,3)7-20-4/h5-6,8H,7H2,1-4H3. The molecule has 0 bridgehead atoms. The normalized spacial score (nSPS) is 13.9. The van der Waals surface area contributed by atoms with Crippen LogP contribution in [0.1, 0.15) is 32.0 Å². The Morgan fingerprint density at radius 3 is 2.70 bits per heavy atom. The van der Waals surface area contributed by atoms with Crippen molar-refractivity contribution < 1.29 is 9.13 Å². The topological polar surface area (TPSA) is 27.1 Å². The number of rotatable bonds is 4. The van der Waals surface area contributed by atoms with Gasteiger partial charge in [0.2, 0.25) is 0 Å². The van der Waals surface area contributed by atoms with E-state index in [1.807, 2.05) is 25.3 Å². The summed E-state index contributed by atoms with van der Waals surface area (Å²) in [4.78, 5) is 4.48. The van der Waals surface area contributed by atoms with Crippen LogP contribution < -0.4 is 0 Å². The third kappa shape index (κ3) is 2.71. The van der Waals surface area contributed by atoms with Crippen LogP contribution in [0.25, 0.3) is 11.0 Å². The molecule has 1 aromatic heterocycles. The molecule has 0 aliphatic rings. The fourth-order valence-corrected chi connectivity index (χ4v) is 2.89. The van der Waals surface area contributed by atoms with Gasteiger partial charge < -0.3 is 9.30 Å². The van der Waals surface area contributed by atoms with Gasteiger partial charge in [-0.2, -0.15) is 0 Å². The third-order valence-corrected chi connectivity index (χ3v) is 3.98. The summed E-state index contributed by atoms with van der Waals surface area (Å²) in [6.07, 6.45) is 0. The Hall–Kier alpha value is -0.650. The summed E-state index contributed by atoms with van der Waals surface area (Å²) in [5, 5.41) is -0.277. The highest BCUT2D eigenvalue weighted by atomic mass is 79.9. The second-order valence-corrected chi connectivity index (χ2v) is 6.93. The van der Waals surface area contributed by atoms with Crippen molar-refractivity contribution in [3.63, 3.8) is 0 Å². The Morgan fingerprint density at radius 2 is 2.15 bits per heavy atom. The highest BCUT2D eigenvalue weighted by molar-refractivity contribution is 9.10. The first kappa shape index (κ1) is 15.7. The van der Waals surface area contributed by atoms with Crippen LogP contribution in [0.4, 0.5) is 4.39 Å². The van der Waals surface area contributed by atoms with Crippen molar-refractivity contribution in [1.82, 2.24) is 9.55 Å². The number of benzene rings is 1. The van der Waals surface area contributed by atoms with Crippen LogP contribution in [0.5, 0.6) is 0 Å². The van der Waals surface area contributed by atoms with E-state index >= 15 is 0 Å². The predicted molar refractivity (Wildman–Crippen MR) is 82.9 cm³/mol. The van der Waals surface area contributed by atoms with E-state index in [2.05, 4.69) is 20.9 Å². The van der Waals surface area contributed by atoms with Crippen LogP contribution in [-0.4, -0.2) is 23.3 Å². The van der Waals surface area contributed by atoms with E-state index in [1.165, 1.54) is 6.07 Å². The Labute approximate surface area is 131 Å². The first-order valence-electron chi connectivity index (χ1n) is 6.29. The summed E-state index contributed by atoms with van der Waals surface area (Å²) >= 11 is 9.46. The second kappa shape index (κ2) is 5.62. The maximum absolute atomic E-state index is 13.7. The molecule has 1 aromatic carbocycles. The second-order valence-electron chi connectivity index (χ2n) is 5.42. The Morgan fingerprint density at radius 1 is 1.50 bits per heavy atom. The lowest BCUT2D eigenvalue weighted by atomic mass is 10.1. The van der Waals surface area contributed by atoms with Gasteiger partial charge in [0.1, 0.15) is 11.6 Å². The average Bonchev–Trinajstić information content (AvgIpc) is 2.69. The molecule has 0 saturated heterocycles. The molecule has 110 valence electrons. The van der Waals surface area contributed by atoms with E-state index in [4.69, 9.17) is 16.3 Å². The highest BCUT2D eigenvalue weighted by Crippen LogP contribution is 2.33. The smallest absolute Gasteiger partial charge is 0.139 e. The van der Waals surface area contributed by atoms with Crippen LogP contribution in [0.15, 0.2) is 16.6 Å². The number of hydrogen-bond donors (Lipinski definition) is 0. The quantitative estimate of drug-likeness (QED) is 0.741. The Balaban J connectivity index is 2.78. The zero-order valence-electron chi connectivity index (χ0n) is 11.9. The maximum atomic E-state index is 13.7. The number of fused-ring (bicyclic) bond motifs is 1. The van der Waals surface area contributed by atoms with Crippen molar-refractivity contribution in [2.24, 2.45) is 0 Å². The number of halogens is 3. The molecule has 2 rings (SSSR count).